The predicted molar refractivity (Wildman–Crippen MR) is 55.5 cm³/mol. The molecule has 1 fully saturated rings. The third-order valence-electron chi connectivity index (χ3n) is 2.84. The van der Waals surface area contributed by atoms with E-state index in [0.717, 1.165) is 25.7 Å². The lowest BCUT2D eigenvalue weighted by molar-refractivity contribution is 0.469. The molecule has 0 aliphatic heterocycles. The van der Waals surface area contributed by atoms with Crippen molar-refractivity contribution in [3.8, 4) is 0 Å². The average Bonchev–Trinajstić information content (AvgIpc) is 2.04. The van der Waals surface area contributed by atoms with Crippen LogP contribution in [0.1, 0.15) is 52.9 Å². The fourth-order valence-corrected chi connectivity index (χ4v) is 3.83. The zero-order chi connectivity index (χ0) is 10.1. The highest BCUT2D eigenvalue weighted by Gasteiger charge is 2.37. The molecule has 1 aliphatic rings. The minimum absolute atomic E-state index is 0.0683. The summed E-state index contributed by atoms with van der Waals surface area (Å²) in [5.41, 5.74) is 0. The predicted octanol–water partition coefficient (Wildman–Crippen LogP) is 2.53. The molecule has 13 heavy (non-hydrogen) atoms. The van der Waals surface area contributed by atoms with Gasteiger partial charge in [-0.1, -0.05) is 19.3 Å². The van der Waals surface area contributed by atoms with E-state index in [-0.39, 0.29) is 5.25 Å². The van der Waals surface area contributed by atoms with Crippen LogP contribution in [-0.4, -0.2) is 18.4 Å². The summed E-state index contributed by atoms with van der Waals surface area (Å²) >= 11 is 0. The van der Waals surface area contributed by atoms with Crippen molar-refractivity contribution in [1.82, 2.24) is 0 Å². The van der Waals surface area contributed by atoms with Gasteiger partial charge in [0, 0.05) is 0 Å². The molecular formula is C10H20O2S. The highest BCUT2D eigenvalue weighted by molar-refractivity contribution is 7.93. The Labute approximate surface area is 81.6 Å². The van der Waals surface area contributed by atoms with Crippen molar-refractivity contribution in [1.29, 1.82) is 0 Å². The van der Waals surface area contributed by atoms with Crippen LogP contribution < -0.4 is 0 Å². The molecule has 0 amide bonds. The van der Waals surface area contributed by atoms with E-state index in [1.807, 2.05) is 0 Å². The summed E-state index contributed by atoms with van der Waals surface area (Å²) in [6, 6.07) is 0. The Balaban J connectivity index is 2.80. The Morgan fingerprint density at radius 2 is 1.46 bits per heavy atom. The lowest BCUT2D eigenvalue weighted by Gasteiger charge is -2.29. The summed E-state index contributed by atoms with van der Waals surface area (Å²) in [6.07, 6.45) is 5.12. The van der Waals surface area contributed by atoms with Crippen molar-refractivity contribution in [2.24, 2.45) is 0 Å². The van der Waals surface area contributed by atoms with Crippen LogP contribution in [0.5, 0.6) is 0 Å². The fourth-order valence-electron chi connectivity index (χ4n) is 1.88. The second-order valence-electron chi connectivity index (χ2n) is 4.92. The van der Waals surface area contributed by atoms with Crippen LogP contribution in [0.2, 0.25) is 0 Å². The van der Waals surface area contributed by atoms with Gasteiger partial charge in [0.05, 0.1) is 10.00 Å². The van der Waals surface area contributed by atoms with Crippen LogP contribution in [0.4, 0.5) is 0 Å². The van der Waals surface area contributed by atoms with Gasteiger partial charge >= 0.3 is 0 Å². The molecule has 3 heteroatoms. The molecule has 1 aliphatic carbocycles. The average molecular weight is 204 g/mol. The van der Waals surface area contributed by atoms with Gasteiger partial charge in [-0.05, 0) is 33.6 Å². The van der Waals surface area contributed by atoms with Gasteiger partial charge in [-0.25, -0.2) is 8.42 Å². The van der Waals surface area contributed by atoms with Crippen molar-refractivity contribution in [2.45, 2.75) is 62.9 Å². The maximum Gasteiger partial charge on any atom is 0.158 e. The van der Waals surface area contributed by atoms with Gasteiger partial charge in [0.2, 0.25) is 0 Å². The second kappa shape index (κ2) is 3.60. The van der Waals surface area contributed by atoms with E-state index >= 15 is 0 Å². The van der Waals surface area contributed by atoms with Crippen LogP contribution in [0, 0.1) is 0 Å². The minimum Gasteiger partial charge on any atom is -0.228 e. The zero-order valence-corrected chi connectivity index (χ0v) is 9.65. The SMILES string of the molecule is CC(C)(C)S(=O)(=O)C1CCCCC1. The molecule has 0 heterocycles. The molecule has 0 aromatic carbocycles. The maximum atomic E-state index is 12.0. The molecule has 0 radical (unpaired) electrons. The first-order chi connectivity index (χ1) is 5.86. The molecule has 0 spiro atoms. The first-order valence-corrected chi connectivity index (χ1v) is 6.64. The Kier molecular flexibility index (Phi) is 3.05. The number of rotatable bonds is 1. The van der Waals surface area contributed by atoms with E-state index in [2.05, 4.69) is 0 Å². The molecule has 0 N–H and O–H groups in total. The summed E-state index contributed by atoms with van der Waals surface area (Å²) < 4.78 is 23.4. The highest BCUT2D eigenvalue weighted by atomic mass is 32.2. The molecule has 0 aromatic heterocycles. The Morgan fingerprint density at radius 1 is 1.00 bits per heavy atom. The number of hydrogen-bond donors (Lipinski definition) is 0. The normalized spacial score (nSPS) is 21.8. The second-order valence-corrected chi connectivity index (χ2v) is 7.90. The third kappa shape index (κ3) is 2.25. The Morgan fingerprint density at radius 3 is 1.85 bits per heavy atom. The molecule has 0 unspecified atom stereocenters. The van der Waals surface area contributed by atoms with Gasteiger partial charge in [0.1, 0.15) is 0 Å². The van der Waals surface area contributed by atoms with Crippen LogP contribution in [-0.2, 0) is 9.84 Å². The first-order valence-electron chi connectivity index (χ1n) is 5.09. The lowest BCUT2D eigenvalue weighted by Crippen LogP contribution is -2.38. The maximum absolute atomic E-state index is 12.0. The van der Waals surface area contributed by atoms with Crippen molar-refractivity contribution >= 4 is 9.84 Å². The summed E-state index contributed by atoms with van der Waals surface area (Å²) in [5.74, 6) is 0. The van der Waals surface area contributed by atoms with Crippen LogP contribution in [0.25, 0.3) is 0 Å². The van der Waals surface area contributed by atoms with Gasteiger partial charge in [-0.15, -0.1) is 0 Å². The zero-order valence-electron chi connectivity index (χ0n) is 8.84. The molecule has 78 valence electrons. The minimum atomic E-state index is -2.90. The summed E-state index contributed by atoms with van der Waals surface area (Å²) in [5, 5.41) is -0.0683. The summed E-state index contributed by atoms with van der Waals surface area (Å²) in [7, 11) is -2.90. The van der Waals surface area contributed by atoms with Gasteiger partial charge < -0.3 is 0 Å². The lowest BCUT2D eigenvalue weighted by atomic mass is 10.0. The fraction of sp³-hybridized carbons (Fsp3) is 1.00. The topological polar surface area (TPSA) is 34.1 Å². The summed E-state index contributed by atoms with van der Waals surface area (Å²) in [6.45, 7) is 5.41. The molecule has 1 rings (SSSR count). The van der Waals surface area contributed by atoms with Crippen molar-refractivity contribution in [3.63, 3.8) is 0 Å². The highest BCUT2D eigenvalue weighted by Crippen LogP contribution is 2.30. The quantitative estimate of drug-likeness (QED) is 0.657. The van der Waals surface area contributed by atoms with Crippen molar-refractivity contribution in [3.05, 3.63) is 0 Å². The smallest absolute Gasteiger partial charge is 0.158 e. The molecule has 1 saturated carbocycles. The largest absolute Gasteiger partial charge is 0.228 e. The molecule has 0 saturated heterocycles. The first kappa shape index (κ1) is 11.0. The van der Waals surface area contributed by atoms with Gasteiger partial charge in [-0.2, -0.15) is 0 Å². The van der Waals surface area contributed by atoms with Gasteiger partial charge in [0.25, 0.3) is 0 Å². The van der Waals surface area contributed by atoms with Crippen LogP contribution in [0.15, 0.2) is 0 Å². The summed E-state index contributed by atoms with van der Waals surface area (Å²) in [4.78, 5) is 0. The van der Waals surface area contributed by atoms with E-state index < -0.39 is 14.6 Å². The van der Waals surface area contributed by atoms with E-state index in [9.17, 15) is 8.42 Å². The van der Waals surface area contributed by atoms with Crippen molar-refractivity contribution in [2.75, 3.05) is 0 Å². The van der Waals surface area contributed by atoms with E-state index in [0.29, 0.717) is 0 Å². The van der Waals surface area contributed by atoms with Gasteiger partial charge in [-0.3, -0.25) is 0 Å². The van der Waals surface area contributed by atoms with E-state index in [1.165, 1.54) is 6.42 Å². The van der Waals surface area contributed by atoms with E-state index in [4.69, 9.17) is 0 Å². The third-order valence-corrected chi connectivity index (χ3v) is 5.90. The van der Waals surface area contributed by atoms with Crippen LogP contribution >= 0.6 is 0 Å². The van der Waals surface area contributed by atoms with Crippen LogP contribution in [0.3, 0.4) is 0 Å². The van der Waals surface area contributed by atoms with E-state index in [1.54, 1.807) is 20.8 Å². The Bertz CT molecular complexity index is 253. The molecule has 2 nitrogen and oxygen atoms in total. The number of sulfone groups is 1. The number of hydrogen-bond acceptors (Lipinski definition) is 2. The molecule has 0 aromatic rings. The Hall–Kier alpha value is -0.0500. The van der Waals surface area contributed by atoms with Gasteiger partial charge in [0.15, 0.2) is 9.84 Å². The molecule has 0 bridgehead atoms. The molecular weight excluding hydrogens is 184 g/mol. The van der Waals surface area contributed by atoms with Crippen molar-refractivity contribution < 1.29 is 8.42 Å². The monoisotopic (exact) mass is 204 g/mol. The standard InChI is InChI=1S/C10H20O2S/c1-10(2,3)13(11,12)9-7-5-4-6-8-9/h9H,4-8H2,1-3H3. The molecule has 0 atom stereocenters.